The minimum Gasteiger partial charge on any atom is -0.746 e. The minimum atomic E-state index is -4.67. The van der Waals surface area contributed by atoms with Crippen LogP contribution in [0.15, 0.2) is 24.3 Å². The van der Waals surface area contributed by atoms with Crippen LogP contribution in [0.2, 0.25) is 0 Å². The maximum Gasteiger partial charge on any atom is 1.00 e. The van der Waals surface area contributed by atoms with E-state index in [-0.39, 0.29) is 35.1 Å². The second kappa shape index (κ2) is 5.16. The monoisotopic (exact) mass is 250 g/mol. The quantitative estimate of drug-likeness (QED) is 0.502. The summed E-state index contributed by atoms with van der Waals surface area (Å²) in [5.74, 6) is 0.569. The summed E-state index contributed by atoms with van der Waals surface area (Å²) in [6, 6.07) is 6.52. The molecule has 1 aliphatic carbocycles. The molecule has 2 rings (SSSR count). The Labute approximate surface area is 117 Å². The zero-order valence-corrected chi connectivity index (χ0v) is 11.8. The molecule has 0 aliphatic heterocycles. The zero-order chi connectivity index (χ0) is 11.1. The summed E-state index contributed by atoms with van der Waals surface area (Å²) in [5, 5.41) is 9.20. The topological polar surface area (TPSA) is 77.4 Å². The van der Waals surface area contributed by atoms with Crippen molar-refractivity contribution in [3.8, 4) is 0 Å². The average molecular weight is 250 g/mol. The Morgan fingerprint density at radius 1 is 1.25 bits per heavy atom. The van der Waals surface area contributed by atoms with Crippen LogP contribution >= 0.6 is 0 Å². The second-order valence-electron chi connectivity index (χ2n) is 3.79. The molecule has 0 saturated heterocycles. The molecule has 6 heteroatoms. The van der Waals surface area contributed by atoms with Gasteiger partial charge in [0.1, 0.15) is 10.1 Å². The molecule has 0 bridgehead atoms. The van der Waals surface area contributed by atoms with E-state index >= 15 is 0 Å². The first kappa shape index (κ1) is 14.2. The molecule has 0 radical (unpaired) electrons. The summed E-state index contributed by atoms with van der Waals surface area (Å²) in [5.41, 5.74) is -0.686. The number of hydrogen-bond acceptors (Lipinski definition) is 4. The first-order valence-electron chi connectivity index (χ1n) is 4.71. The third-order valence-corrected chi connectivity index (χ3v) is 3.36. The van der Waals surface area contributed by atoms with E-state index in [1.54, 1.807) is 12.1 Å². The number of aliphatic hydroxyl groups is 1. The Kier molecular flexibility index (Phi) is 4.57. The fraction of sp³-hybridized carbons (Fsp3) is 0.400. The number of benzene rings is 1. The van der Waals surface area contributed by atoms with E-state index in [4.69, 9.17) is 0 Å². The average Bonchev–Trinajstić information content (AvgIpc) is 2.99. The summed E-state index contributed by atoms with van der Waals surface area (Å²) < 4.78 is 31.7. The Hall–Kier alpha value is 0.0900. The molecule has 0 amide bonds. The predicted octanol–water partition coefficient (Wildman–Crippen LogP) is -1.90. The molecule has 0 spiro atoms. The van der Waals surface area contributed by atoms with Crippen molar-refractivity contribution in [3.63, 3.8) is 0 Å². The van der Waals surface area contributed by atoms with Crippen molar-refractivity contribution >= 4 is 10.1 Å². The Morgan fingerprint density at radius 3 is 2.12 bits per heavy atom. The molecular weight excluding hydrogens is 239 g/mol. The van der Waals surface area contributed by atoms with Crippen LogP contribution in [0.25, 0.3) is 0 Å². The molecule has 1 fully saturated rings. The fourth-order valence-electron chi connectivity index (χ4n) is 1.52. The third-order valence-electron chi connectivity index (χ3n) is 2.54. The van der Waals surface area contributed by atoms with Gasteiger partial charge in [-0.1, -0.05) is 24.3 Å². The first-order valence-corrected chi connectivity index (χ1v) is 6.18. The molecule has 1 aromatic rings. The van der Waals surface area contributed by atoms with Gasteiger partial charge in [0.25, 0.3) is 0 Å². The van der Waals surface area contributed by atoms with Crippen LogP contribution < -0.4 is 29.6 Å². The van der Waals surface area contributed by atoms with Crippen molar-refractivity contribution in [1.29, 1.82) is 0 Å². The SMILES string of the molecule is O=S(=O)([O-])C(O)c1ccc(C2CC2)cc1.[Na+]. The van der Waals surface area contributed by atoms with Gasteiger partial charge in [-0.2, -0.15) is 0 Å². The van der Waals surface area contributed by atoms with Gasteiger partial charge in [0.15, 0.2) is 5.44 Å². The van der Waals surface area contributed by atoms with Crippen molar-refractivity contribution < 1.29 is 47.6 Å². The van der Waals surface area contributed by atoms with Gasteiger partial charge in [-0.05, 0) is 29.9 Å². The molecule has 0 aromatic heterocycles. The first-order chi connectivity index (χ1) is 6.98. The van der Waals surface area contributed by atoms with Crippen LogP contribution in [-0.2, 0) is 10.1 Å². The van der Waals surface area contributed by atoms with Crippen LogP contribution in [-0.4, -0.2) is 18.1 Å². The number of hydrogen-bond donors (Lipinski definition) is 1. The van der Waals surface area contributed by atoms with Crippen LogP contribution in [0.1, 0.15) is 35.3 Å². The van der Waals surface area contributed by atoms with E-state index in [1.807, 2.05) is 0 Å². The van der Waals surface area contributed by atoms with E-state index in [9.17, 15) is 18.1 Å². The summed E-state index contributed by atoms with van der Waals surface area (Å²) >= 11 is 0. The van der Waals surface area contributed by atoms with Crippen LogP contribution in [0, 0.1) is 0 Å². The van der Waals surface area contributed by atoms with E-state index in [0.717, 1.165) is 18.4 Å². The van der Waals surface area contributed by atoms with Gasteiger partial charge in [0, 0.05) is 0 Å². The summed E-state index contributed by atoms with van der Waals surface area (Å²) in [6.45, 7) is 0. The third kappa shape index (κ3) is 3.29. The fourth-order valence-corrected chi connectivity index (χ4v) is 2.01. The van der Waals surface area contributed by atoms with Crippen LogP contribution in [0.5, 0.6) is 0 Å². The Morgan fingerprint density at radius 2 is 1.75 bits per heavy atom. The summed E-state index contributed by atoms with van der Waals surface area (Å²) in [4.78, 5) is 0. The molecule has 1 aromatic carbocycles. The van der Waals surface area contributed by atoms with E-state index in [2.05, 4.69) is 0 Å². The molecular formula is C10H11NaO4S. The van der Waals surface area contributed by atoms with Crippen molar-refractivity contribution in [2.24, 2.45) is 0 Å². The van der Waals surface area contributed by atoms with Crippen molar-refractivity contribution in [2.75, 3.05) is 0 Å². The second-order valence-corrected chi connectivity index (χ2v) is 5.22. The molecule has 1 aliphatic rings. The van der Waals surface area contributed by atoms with E-state index < -0.39 is 15.6 Å². The molecule has 1 saturated carbocycles. The number of aliphatic hydroxyl groups excluding tert-OH is 1. The van der Waals surface area contributed by atoms with Crippen molar-refractivity contribution in [1.82, 2.24) is 0 Å². The molecule has 0 heterocycles. The molecule has 1 N–H and O–H groups in total. The normalized spacial score (nSPS) is 17.6. The number of rotatable bonds is 3. The van der Waals surface area contributed by atoms with Crippen LogP contribution in [0.3, 0.4) is 0 Å². The van der Waals surface area contributed by atoms with E-state index in [0.29, 0.717) is 5.92 Å². The van der Waals surface area contributed by atoms with Gasteiger partial charge < -0.3 is 9.66 Å². The predicted molar refractivity (Wildman–Crippen MR) is 53.1 cm³/mol. The van der Waals surface area contributed by atoms with Gasteiger partial charge in [-0.15, -0.1) is 0 Å². The summed E-state index contributed by atoms with van der Waals surface area (Å²) in [6.07, 6.45) is 2.31. The van der Waals surface area contributed by atoms with Gasteiger partial charge in [-0.3, -0.25) is 0 Å². The maximum absolute atomic E-state index is 10.6. The molecule has 1 atom stereocenters. The van der Waals surface area contributed by atoms with E-state index in [1.165, 1.54) is 12.1 Å². The maximum atomic E-state index is 10.6. The molecule has 1 unspecified atom stereocenters. The van der Waals surface area contributed by atoms with Gasteiger partial charge in [0.2, 0.25) is 0 Å². The van der Waals surface area contributed by atoms with Crippen molar-refractivity contribution in [3.05, 3.63) is 35.4 Å². The van der Waals surface area contributed by atoms with Gasteiger partial charge in [-0.25, -0.2) is 8.42 Å². The van der Waals surface area contributed by atoms with Crippen molar-refractivity contribution in [2.45, 2.75) is 24.2 Å². The largest absolute Gasteiger partial charge is 1.00 e. The minimum absolute atomic E-state index is 0. The standard InChI is InChI=1S/C10H12O4S.Na/c11-10(15(12,13)14)9-5-3-8(4-6-9)7-1-2-7;/h3-7,10-11H,1-2H2,(H,12,13,14);/q;+1/p-1. The molecule has 82 valence electrons. The smallest absolute Gasteiger partial charge is 0.746 e. The summed E-state index contributed by atoms with van der Waals surface area (Å²) in [7, 11) is -4.67. The van der Waals surface area contributed by atoms with Gasteiger partial charge >= 0.3 is 29.6 Å². The van der Waals surface area contributed by atoms with Gasteiger partial charge in [0.05, 0.1) is 0 Å². The van der Waals surface area contributed by atoms with Crippen LogP contribution in [0.4, 0.5) is 0 Å². The zero-order valence-electron chi connectivity index (χ0n) is 8.96. The Balaban J connectivity index is 0.00000128. The molecule has 4 nitrogen and oxygen atoms in total. The molecule has 16 heavy (non-hydrogen) atoms. The Bertz CT molecular complexity index is 450.